The molecule has 1 aliphatic heterocycles. The fourth-order valence-corrected chi connectivity index (χ4v) is 4.35. The molecule has 0 saturated carbocycles. The summed E-state index contributed by atoms with van der Waals surface area (Å²) in [5.41, 5.74) is 3.70. The van der Waals surface area contributed by atoms with Gasteiger partial charge in [-0.2, -0.15) is 0 Å². The summed E-state index contributed by atoms with van der Waals surface area (Å²) >= 11 is 6.27. The first kappa shape index (κ1) is 20.7. The van der Waals surface area contributed by atoms with Crippen LogP contribution in [-0.2, 0) is 4.79 Å². The number of piperazine rings is 1. The molecule has 0 bridgehead atoms. The van der Waals surface area contributed by atoms with Crippen LogP contribution in [0.15, 0.2) is 42.5 Å². The van der Waals surface area contributed by atoms with Crippen molar-refractivity contribution in [1.82, 2.24) is 24.5 Å². The van der Waals surface area contributed by atoms with Gasteiger partial charge in [0.25, 0.3) is 0 Å². The van der Waals surface area contributed by atoms with E-state index >= 15 is 0 Å². The van der Waals surface area contributed by atoms with E-state index in [1.807, 2.05) is 41.3 Å². The first-order valence-electron chi connectivity index (χ1n) is 10.9. The number of anilines is 1. The van der Waals surface area contributed by atoms with Crippen LogP contribution in [-0.4, -0.2) is 56.6 Å². The second kappa shape index (κ2) is 8.06. The van der Waals surface area contributed by atoms with E-state index in [2.05, 4.69) is 46.3 Å². The molecule has 4 aromatic rings. The number of hydrogen-bond donors (Lipinski definition) is 0. The molecule has 2 aromatic carbocycles. The van der Waals surface area contributed by atoms with E-state index in [1.54, 1.807) is 0 Å². The predicted molar refractivity (Wildman–Crippen MR) is 127 cm³/mol. The quantitative estimate of drug-likeness (QED) is 0.469. The zero-order valence-corrected chi connectivity index (χ0v) is 19.2. The molecular formula is C24H25ClN6O. The van der Waals surface area contributed by atoms with E-state index in [9.17, 15) is 4.79 Å². The summed E-state index contributed by atoms with van der Waals surface area (Å²) in [6, 6.07) is 13.9. The SMILES string of the molecule is Cc1ccc(-c2nnc3c4ccc(Cl)cc4nc(N4CCN(C(=O)C(C)C)CC4)n23)cc1. The van der Waals surface area contributed by atoms with Gasteiger partial charge >= 0.3 is 0 Å². The van der Waals surface area contributed by atoms with Crippen molar-refractivity contribution in [1.29, 1.82) is 0 Å². The molecule has 1 saturated heterocycles. The van der Waals surface area contributed by atoms with Gasteiger partial charge < -0.3 is 9.80 Å². The minimum absolute atomic E-state index is 0.000168. The number of aromatic nitrogens is 4. The number of hydrogen-bond acceptors (Lipinski definition) is 5. The molecule has 0 spiro atoms. The molecule has 3 heterocycles. The molecule has 0 aliphatic carbocycles. The van der Waals surface area contributed by atoms with Crippen LogP contribution in [0, 0.1) is 12.8 Å². The van der Waals surface area contributed by atoms with Crippen LogP contribution < -0.4 is 4.90 Å². The van der Waals surface area contributed by atoms with Gasteiger partial charge in [0.05, 0.1) is 5.52 Å². The van der Waals surface area contributed by atoms with Crippen molar-refractivity contribution >= 4 is 40.0 Å². The Morgan fingerprint density at radius 2 is 1.72 bits per heavy atom. The molecule has 0 unspecified atom stereocenters. The fraction of sp³-hybridized carbons (Fsp3) is 0.333. The molecule has 0 N–H and O–H groups in total. The summed E-state index contributed by atoms with van der Waals surface area (Å²) in [5, 5.41) is 10.6. The normalized spacial score (nSPS) is 14.7. The lowest BCUT2D eigenvalue weighted by Gasteiger charge is -2.36. The zero-order chi connectivity index (χ0) is 22.4. The van der Waals surface area contributed by atoms with E-state index < -0.39 is 0 Å². The molecule has 32 heavy (non-hydrogen) atoms. The van der Waals surface area contributed by atoms with Crippen molar-refractivity contribution in [3.8, 4) is 11.4 Å². The number of halogens is 1. The predicted octanol–water partition coefficient (Wildman–Crippen LogP) is 4.21. The molecule has 5 rings (SSSR count). The Morgan fingerprint density at radius 3 is 2.41 bits per heavy atom. The lowest BCUT2D eigenvalue weighted by Crippen LogP contribution is -2.50. The van der Waals surface area contributed by atoms with E-state index in [4.69, 9.17) is 16.6 Å². The molecule has 0 radical (unpaired) electrons. The van der Waals surface area contributed by atoms with Crippen molar-refractivity contribution in [2.45, 2.75) is 20.8 Å². The number of aryl methyl sites for hydroxylation is 1. The van der Waals surface area contributed by atoms with Crippen molar-refractivity contribution in [2.75, 3.05) is 31.1 Å². The Labute approximate surface area is 191 Å². The molecular weight excluding hydrogens is 424 g/mol. The van der Waals surface area contributed by atoms with Gasteiger partial charge in [-0.05, 0) is 25.1 Å². The Kier molecular flexibility index (Phi) is 5.21. The average molecular weight is 449 g/mol. The van der Waals surface area contributed by atoms with E-state index in [0.29, 0.717) is 31.2 Å². The van der Waals surface area contributed by atoms with Gasteiger partial charge in [-0.15, -0.1) is 10.2 Å². The van der Waals surface area contributed by atoms with Crippen LogP contribution in [0.1, 0.15) is 19.4 Å². The second-order valence-corrected chi connectivity index (χ2v) is 9.03. The first-order valence-corrected chi connectivity index (χ1v) is 11.3. The van der Waals surface area contributed by atoms with Gasteiger partial charge in [-0.25, -0.2) is 9.38 Å². The molecule has 0 atom stereocenters. The summed E-state index contributed by atoms with van der Waals surface area (Å²) in [5.74, 6) is 1.71. The van der Waals surface area contributed by atoms with Crippen molar-refractivity contribution < 1.29 is 4.79 Å². The maximum atomic E-state index is 12.4. The number of nitrogens with zero attached hydrogens (tertiary/aromatic N) is 6. The van der Waals surface area contributed by atoms with Gasteiger partial charge in [-0.3, -0.25) is 4.79 Å². The van der Waals surface area contributed by atoms with E-state index in [1.165, 1.54) is 5.56 Å². The number of benzene rings is 2. The summed E-state index contributed by atoms with van der Waals surface area (Å²) in [4.78, 5) is 21.6. The second-order valence-electron chi connectivity index (χ2n) is 8.59. The number of rotatable bonds is 3. The minimum atomic E-state index is 0.000168. The van der Waals surface area contributed by atoms with Gasteiger partial charge in [0.2, 0.25) is 11.9 Å². The highest BCUT2D eigenvalue weighted by molar-refractivity contribution is 6.31. The lowest BCUT2D eigenvalue weighted by atomic mass is 10.1. The highest BCUT2D eigenvalue weighted by Gasteiger charge is 2.26. The Morgan fingerprint density at radius 1 is 1.00 bits per heavy atom. The van der Waals surface area contributed by atoms with E-state index in [0.717, 1.165) is 33.9 Å². The maximum absolute atomic E-state index is 12.4. The molecule has 8 heteroatoms. The monoisotopic (exact) mass is 448 g/mol. The highest BCUT2D eigenvalue weighted by atomic mass is 35.5. The van der Waals surface area contributed by atoms with Crippen LogP contribution in [0.4, 0.5) is 5.95 Å². The van der Waals surface area contributed by atoms with Crippen molar-refractivity contribution in [3.63, 3.8) is 0 Å². The van der Waals surface area contributed by atoms with Crippen LogP contribution in [0.3, 0.4) is 0 Å². The smallest absolute Gasteiger partial charge is 0.225 e. The summed E-state index contributed by atoms with van der Waals surface area (Å²) in [6.07, 6.45) is 0. The molecule has 1 aliphatic rings. The van der Waals surface area contributed by atoms with Crippen LogP contribution in [0.5, 0.6) is 0 Å². The van der Waals surface area contributed by atoms with Gasteiger partial charge in [-0.1, -0.05) is 55.3 Å². The average Bonchev–Trinajstić information content (AvgIpc) is 3.23. The first-order chi connectivity index (χ1) is 15.4. The largest absolute Gasteiger partial charge is 0.339 e. The third-order valence-corrected chi connectivity index (χ3v) is 6.20. The summed E-state index contributed by atoms with van der Waals surface area (Å²) in [6.45, 7) is 8.66. The Hall–Kier alpha value is -3.19. The van der Waals surface area contributed by atoms with Gasteiger partial charge in [0.15, 0.2) is 11.5 Å². The van der Waals surface area contributed by atoms with Crippen LogP contribution in [0.25, 0.3) is 27.9 Å². The van der Waals surface area contributed by atoms with Crippen LogP contribution >= 0.6 is 11.6 Å². The van der Waals surface area contributed by atoms with Gasteiger partial charge in [0, 0.05) is 48.1 Å². The standard InChI is InChI=1S/C24H25ClN6O/c1-15(2)23(32)29-10-12-30(13-11-29)24-26-20-14-18(25)8-9-19(20)22-28-27-21(31(22)24)17-6-4-16(3)5-7-17/h4-9,14-15H,10-13H2,1-3H3. The Balaban J connectivity index is 1.64. The third kappa shape index (κ3) is 3.56. The topological polar surface area (TPSA) is 66.6 Å². The van der Waals surface area contributed by atoms with Crippen molar-refractivity contribution in [3.05, 3.63) is 53.1 Å². The van der Waals surface area contributed by atoms with Crippen molar-refractivity contribution in [2.24, 2.45) is 5.92 Å². The third-order valence-electron chi connectivity index (χ3n) is 5.96. The fourth-order valence-electron chi connectivity index (χ4n) is 4.19. The minimum Gasteiger partial charge on any atom is -0.339 e. The molecule has 2 aromatic heterocycles. The molecule has 7 nitrogen and oxygen atoms in total. The molecule has 1 amide bonds. The van der Waals surface area contributed by atoms with E-state index in [-0.39, 0.29) is 11.8 Å². The van der Waals surface area contributed by atoms with Crippen LogP contribution in [0.2, 0.25) is 5.02 Å². The number of amides is 1. The zero-order valence-electron chi connectivity index (χ0n) is 18.4. The lowest BCUT2D eigenvalue weighted by molar-refractivity contribution is -0.134. The highest BCUT2D eigenvalue weighted by Crippen LogP contribution is 2.30. The summed E-state index contributed by atoms with van der Waals surface area (Å²) in [7, 11) is 0. The summed E-state index contributed by atoms with van der Waals surface area (Å²) < 4.78 is 2.03. The number of carbonyl (C=O) groups is 1. The number of fused-ring (bicyclic) bond motifs is 3. The maximum Gasteiger partial charge on any atom is 0.225 e. The molecule has 1 fully saturated rings. The number of carbonyl (C=O) groups excluding carboxylic acids is 1. The molecule has 164 valence electrons. The Bertz CT molecular complexity index is 1310. The van der Waals surface area contributed by atoms with Gasteiger partial charge in [0.1, 0.15) is 0 Å².